The number of hydrogen-bond acceptors (Lipinski definition) is 3. The predicted octanol–water partition coefficient (Wildman–Crippen LogP) is 2.99. The van der Waals surface area contributed by atoms with Gasteiger partial charge in [0, 0.05) is 24.9 Å². The molecule has 0 radical (unpaired) electrons. The Kier molecular flexibility index (Phi) is 5.27. The van der Waals surface area contributed by atoms with Crippen LogP contribution in [0.15, 0.2) is 29.2 Å². The molecule has 1 fully saturated rings. The minimum absolute atomic E-state index is 0.0603. The molecule has 5 heteroatoms. The highest BCUT2D eigenvalue weighted by molar-refractivity contribution is 7.90. The topological polar surface area (TPSA) is 54.5 Å². The van der Waals surface area contributed by atoms with E-state index >= 15 is 0 Å². The number of rotatable bonds is 3. The van der Waals surface area contributed by atoms with E-state index in [1.807, 2.05) is 4.90 Å². The van der Waals surface area contributed by atoms with Gasteiger partial charge in [0.2, 0.25) is 0 Å². The summed E-state index contributed by atoms with van der Waals surface area (Å²) in [6.07, 6.45) is 4.36. The number of carbonyl (C=O) groups excluding carboxylic acids is 1. The summed E-state index contributed by atoms with van der Waals surface area (Å²) in [5.41, 5.74) is 0.464. The molecule has 1 atom stereocenters. The second-order valence-corrected chi connectivity index (χ2v) is 8.54. The van der Waals surface area contributed by atoms with Crippen molar-refractivity contribution in [1.29, 1.82) is 0 Å². The van der Waals surface area contributed by atoms with Crippen LogP contribution in [0.1, 0.15) is 43.5 Å². The highest BCUT2D eigenvalue weighted by Gasteiger charge is 2.23. The van der Waals surface area contributed by atoms with Crippen molar-refractivity contribution in [2.24, 2.45) is 11.8 Å². The molecule has 1 saturated heterocycles. The van der Waals surface area contributed by atoms with E-state index < -0.39 is 9.84 Å². The molecule has 1 aromatic rings. The van der Waals surface area contributed by atoms with Crippen molar-refractivity contribution in [2.45, 2.75) is 38.0 Å². The van der Waals surface area contributed by atoms with Crippen molar-refractivity contribution in [3.8, 4) is 0 Å². The van der Waals surface area contributed by atoms with Crippen molar-refractivity contribution in [1.82, 2.24) is 4.90 Å². The second kappa shape index (κ2) is 6.82. The van der Waals surface area contributed by atoms with Crippen LogP contribution in [0.25, 0.3) is 0 Å². The van der Waals surface area contributed by atoms with Gasteiger partial charge < -0.3 is 4.90 Å². The Bertz CT molecular complexity index is 637. The Morgan fingerprint density at radius 1 is 1.23 bits per heavy atom. The van der Waals surface area contributed by atoms with Crippen LogP contribution in [0.2, 0.25) is 0 Å². The van der Waals surface area contributed by atoms with Crippen LogP contribution in [-0.2, 0) is 9.84 Å². The third-order valence-electron chi connectivity index (χ3n) is 4.51. The maximum absolute atomic E-state index is 12.6. The summed E-state index contributed by atoms with van der Waals surface area (Å²) in [6.45, 7) is 5.98. The fraction of sp³-hybridized carbons (Fsp3) is 0.588. The maximum atomic E-state index is 12.6. The first-order chi connectivity index (χ1) is 10.3. The lowest BCUT2D eigenvalue weighted by Crippen LogP contribution is -2.32. The zero-order chi connectivity index (χ0) is 16.3. The monoisotopic (exact) mass is 323 g/mol. The number of hydrogen-bond donors (Lipinski definition) is 0. The van der Waals surface area contributed by atoms with Crippen molar-refractivity contribution in [3.63, 3.8) is 0 Å². The van der Waals surface area contributed by atoms with Gasteiger partial charge in [-0.3, -0.25) is 4.79 Å². The van der Waals surface area contributed by atoms with Crippen LogP contribution in [0.4, 0.5) is 0 Å². The molecular weight excluding hydrogens is 298 g/mol. The van der Waals surface area contributed by atoms with Gasteiger partial charge in [-0.05, 0) is 49.3 Å². The molecule has 0 aliphatic carbocycles. The largest absolute Gasteiger partial charge is 0.339 e. The van der Waals surface area contributed by atoms with Gasteiger partial charge in [-0.15, -0.1) is 0 Å². The molecule has 1 amide bonds. The molecule has 1 aliphatic heterocycles. The van der Waals surface area contributed by atoms with Gasteiger partial charge in [0.1, 0.15) is 0 Å². The summed E-state index contributed by atoms with van der Waals surface area (Å²) >= 11 is 0. The number of nitrogens with zero attached hydrogens (tertiary/aromatic N) is 1. The van der Waals surface area contributed by atoms with Crippen LogP contribution in [-0.4, -0.2) is 38.6 Å². The average molecular weight is 323 g/mol. The number of amides is 1. The minimum atomic E-state index is -3.29. The lowest BCUT2D eigenvalue weighted by molar-refractivity contribution is 0.0758. The fourth-order valence-electron chi connectivity index (χ4n) is 3.03. The molecule has 1 heterocycles. The molecule has 122 valence electrons. The predicted molar refractivity (Wildman–Crippen MR) is 87.6 cm³/mol. The molecule has 0 spiro atoms. The number of carbonyl (C=O) groups is 1. The van der Waals surface area contributed by atoms with E-state index in [1.54, 1.807) is 12.1 Å². The van der Waals surface area contributed by atoms with Gasteiger partial charge in [-0.1, -0.05) is 19.9 Å². The van der Waals surface area contributed by atoms with Crippen LogP contribution in [0.3, 0.4) is 0 Å². The normalized spacial score (nSPS) is 20.0. The summed E-state index contributed by atoms with van der Waals surface area (Å²) in [5.74, 6) is 1.25. The van der Waals surface area contributed by atoms with Crippen molar-refractivity contribution < 1.29 is 13.2 Å². The molecule has 22 heavy (non-hydrogen) atoms. The summed E-state index contributed by atoms with van der Waals surface area (Å²) in [5, 5.41) is 0. The van der Waals surface area contributed by atoms with Crippen LogP contribution in [0, 0.1) is 11.8 Å². The van der Waals surface area contributed by atoms with Gasteiger partial charge in [-0.2, -0.15) is 0 Å². The minimum Gasteiger partial charge on any atom is -0.339 e. The highest BCUT2D eigenvalue weighted by atomic mass is 32.2. The fourth-order valence-corrected chi connectivity index (χ4v) is 3.70. The van der Waals surface area contributed by atoms with Crippen LogP contribution >= 0.6 is 0 Å². The average Bonchev–Trinajstić information content (AvgIpc) is 2.71. The lowest BCUT2D eigenvalue weighted by atomic mass is 9.89. The first kappa shape index (κ1) is 17.0. The van der Waals surface area contributed by atoms with Gasteiger partial charge >= 0.3 is 0 Å². The SMILES string of the molecule is CC(C)[C@H]1CCCN(C(=O)c2cccc(S(C)(=O)=O)c2)CC1. The summed E-state index contributed by atoms with van der Waals surface area (Å²) in [4.78, 5) is 14.7. The first-order valence-electron chi connectivity index (χ1n) is 7.88. The van der Waals surface area contributed by atoms with Crippen LogP contribution in [0.5, 0.6) is 0 Å². The van der Waals surface area contributed by atoms with E-state index in [9.17, 15) is 13.2 Å². The highest BCUT2D eigenvalue weighted by Crippen LogP contribution is 2.25. The zero-order valence-electron chi connectivity index (χ0n) is 13.6. The second-order valence-electron chi connectivity index (χ2n) is 6.53. The van der Waals surface area contributed by atoms with E-state index in [1.165, 1.54) is 12.1 Å². The third kappa shape index (κ3) is 4.09. The van der Waals surface area contributed by atoms with Crippen molar-refractivity contribution in [2.75, 3.05) is 19.3 Å². The molecule has 4 nitrogen and oxygen atoms in total. The molecule has 0 aromatic heterocycles. The Labute approximate surface area is 133 Å². The Morgan fingerprint density at radius 3 is 2.59 bits per heavy atom. The molecule has 1 aliphatic rings. The molecule has 0 bridgehead atoms. The van der Waals surface area contributed by atoms with E-state index in [2.05, 4.69) is 13.8 Å². The first-order valence-corrected chi connectivity index (χ1v) is 9.77. The maximum Gasteiger partial charge on any atom is 0.253 e. The van der Waals surface area contributed by atoms with Gasteiger partial charge in [0.05, 0.1) is 4.90 Å². The molecule has 2 rings (SSSR count). The van der Waals surface area contributed by atoms with Gasteiger partial charge in [0.25, 0.3) is 5.91 Å². The number of likely N-dealkylation sites (tertiary alicyclic amines) is 1. The Balaban J connectivity index is 2.15. The van der Waals surface area contributed by atoms with E-state index in [0.717, 1.165) is 38.6 Å². The van der Waals surface area contributed by atoms with Crippen molar-refractivity contribution >= 4 is 15.7 Å². The van der Waals surface area contributed by atoms with Gasteiger partial charge in [0.15, 0.2) is 9.84 Å². The molecular formula is C17H25NO3S. The molecule has 0 saturated carbocycles. The Morgan fingerprint density at radius 2 is 1.95 bits per heavy atom. The molecule has 1 aromatic carbocycles. The quantitative estimate of drug-likeness (QED) is 0.859. The molecule has 0 unspecified atom stereocenters. The number of benzene rings is 1. The van der Waals surface area contributed by atoms with E-state index in [0.29, 0.717) is 17.4 Å². The standard InChI is InChI=1S/C17H25NO3S/c1-13(2)14-7-5-10-18(11-9-14)17(19)15-6-4-8-16(12-15)22(3,20)21/h4,6,8,12-14H,5,7,9-11H2,1-3H3/t14-/m0/s1. The van der Waals surface area contributed by atoms with Crippen molar-refractivity contribution in [3.05, 3.63) is 29.8 Å². The summed E-state index contributed by atoms with van der Waals surface area (Å²) in [7, 11) is -3.29. The smallest absolute Gasteiger partial charge is 0.253 e. The summed E-state index contributed by atoms with van der Waals surface area (Å²) in [6, 6.07) is 6.35. The number of sulfone groups is 1. The van der Waals surface area contributed by atoms with Gasteiger partial charge in [-0.25, -0.2) is 8.42 Å². The Hall–Kier alpha value is -1.36. The van der Waals surface area contributed by atoms with Crippen LogP contribution < -0.4 is 0 Å². The third-order valence-corrected chi connectivity index (χ3v) is 5.62. The lowest BCUT2D eigenvalue weighted by Gasteiger charge is -2.22. The van der Waals surface area contributed by atoms with E-state index in [-0.39, 0.29) is 10.8 Å². The summed E-state index contributed by atoms with van der Waals surface area (Å²) < 4.78 is 23.3. The zero-order valence-corrected chi connectivity index (χ0v) is 14.4. The molecule has 0 N–H and O–H groups in total. The van der Waals surface area contributed by atoms with E-state index in [4.69, 9.17) is 0 Å².